The van der Waals surface area contributed by atoms with E-state index in [1.54, 1.807) is 7.05 Å². The Labute approximate surface area is 106 Å². The van der Waals surface area contributed by atoms with Gasteiger partial charge in [-0.3, -0.25) is 14.2 Å². The van der Waals surface area contributed by atoms with Gasteiger partial charge < -0.3 is 5.32 Å². The van der Waals surface area contributed by atoms with Crippen LogP contribution in [-0.2, 0) is 18.4 Å². The molecule has 1 amide bonds. The average molecular weight is 252 g/mol. The Morgan fingerprint density at radius 2 is 2.17 bits per heavy atom. The van der Waals surface area contributed by atoms with Crippen LogP contribution in [0.1, 0.15) is 38.8 Å². The lowest BCUT2D eigenvalue weighted by Crippen LogP contribution is -2.36. The SMILES string of the molecule is CC.Cn1cnnc(CNC(=O)C2CCC2)c1=O. The van der Waals surface area contributed by atoms with Crippen LogP contribution < -0.4 is 10.9 Å². The van der Waals surface area contributed by atoms with Crippen molar-refractivity contribution in [1.82, 2.24) is 20.1 Å². The van der Waals surface area contributed by atoms with E-state index in [0.717, 1.165) is 19.3 Å². The van der Waals surface area contributed by atoms with Crippen LogP contribution in [0.2, 0.25) is 0 Å². The van der Waals surface area contributed by atoms with E-state index in [1.807, 2.05) is 13.8 Å². The summed E-state index contributed by atoms with van der Waals surface area (Å²) in [5.74, 6) is 0.138. The van der Waals surface area contributed by atoms with Crippen molar-refractivity contribution >= 4 is 5.91 Å². The van der Waals surface area contributed by atoms with Crippen molar-refractivity contribution in [3.05, 3.63) is 22.4 Å². The van der Waals surface area contributed by atoms with Gasteiger partial charge in [0.2, 0.25) is 5.91 Å². The fraction of sp³-hybridized carbons (Fsp3) is 0.667. The van der Waals surface area contributed by atoms with Crippen molar-refractivity contribution in [2.75, 3.05) is 0 Å². The molecule has 6 nitrogen and oxygen atoms in total. The molecule has 1 N–H and O–H groups in total. The Bertz CT molecular complexity index is 452. The van der Waals surface area contributed by atoms with E-state index >= 15 is 0 Å². The third-order valence-corrected chi connectivity index (χ3v) is 2.88. The third-order valence-electron chi connectivity index (χ3n) is 2.88. The lowest BCUT2D eigenvalue weighted by Gasteiger charge is -2.23. The van der Waals surface area contributed by atoms with E-state index in [9.17, 15) is 9.59 Å². The second kappa shape index (κ2) is 6.88. The largest absolute Gasteiger partial charge is 0.350 e. The van der Waals surface area contributed by atoms with Gasteiger partial charge in [-0.25, -0.2) is 0 Å². The molecule has 1 aromatic rings. The second-order valence-electron chi connectivity index (χ2n) is 4.04. The van der Waals surface area contributed by atoms with Crippen LogP contribution in [-0.4, -0.2) is 20.7 Å². The molecule has 18 heavy (non-hydrogen) atoms. The fourth-order valence-corrected chi connectivity index (χ4v) is 1.57. The maximum Gasteiger partial charge on any atom is 0.276 e. The van der Waals surface area contributed by atoms with E-state index in [0.29, 0.717) is 0 Å². The standard InChI is InChI=1S/C10H14N4O2.C2H6/c1-14-6-12-13-8(10(14)16)5-11-9(15)7-3-2-4-7;1-2/h6-7H,2-5H2,1H3,(H,11,15);1-2H3. The number of amides is 1. The van der Waals surface area contributed by atoms with E-state index in [-0.39, 0.29) is 29.6 Å². The molecule has 1 heterocycles. The Morgan fingerprint density at radius 3 is 2.72 bits per heavy atom. The van der Waals surface area contributed by atoms with E-state index in [1.165, 1.54) is 10.9 Å². The molecule has 0 bridgehead atoms. The monoisotopic (exact) mass is 252 g/mol. The van der Waals surface area contributed by atoms with Gasteiger partial charge in [0.1, 0.15) is 12.0 Å². The molecule has 0 unspecified atom stereocenters. The van der Waals surface area contributed by atoms with Crippen molar-refractivity contribution in [2.45, 2.75) is 39.7 Å². The number of nitrogens with one attached hydrogen (secondary N) is 1. The van der Waals surface area contributed by atoms with Gasteiger partial charge in [-0.15, -0.1) is 10.2 Å². The van der Waals surface area contributed by atoms with Gasteiger partial charge in [-0.1, -0.05) is 20.3 Å². The lowest BCUT2D eigenvalue weighted by atomic mass is 9.85. The highest BCUT2D eigenvalue weighted by Crippen LogP contribution is 2.26. The van der Waals surface area contributed by atoms with Gasteiger partial charge in [-0.2, -0.15) is 0 Å². The minimum absolute atomic E-state index is 0.0129. The molecule has 0 radical (unpaired) electrons. The minimum atomic E-state index is -0.219. The Balaban J connectivity index is 0.000000771. The molecule has 1 fully saturated rings. The van der Waals surface area contributed by atoms with Crippen molar-refractivity contribution < 1.29 is 4.79 Å². The summed E-state index contributed by atoms with van der Waals surface area (Å²) in [6, 6.07) is 0. The second-order valence-corrected chi connectivity index (χ2v) is 4.04. The smallest absolute Gasteiger partial charge is 0.276 e. The van der Waals surface area contributed by atoms with E-state index < -0.39 is 0 Å². The van der Waals surface area contributed by atoms with Crippen molar-refractivity contribution in [1.29, 1.82) is 0 Å². The number of carbonyl (C=O) groups is 1. The summed E-state index contributed by atoms with van der Waals surface area (Å²) < 4.78 is 1.35. The fourth-order valence-electron chi connectivity index (χ4n) is 1.57. The van der Waals surface area contributed by atoms with Gasteiger partial charge in [0, 0.05) is 13.0 Å². The van der Waals surface area contributed by atoms with Crippen LogP contribution in [0.15, 0.2) is 11.1 Å². The first-order valence-corrected chi connectivity index (χ1v) is 6.33. The number of aryl methyl sites for hydroxylation is 1. The van der Waals surface area contributed by atoms with Crippen LogP contribution in [0.5, 0.6) is 0 Å². The Morgan fingerprint density at radius 1 is 1.50 bits per heavy atom. The molecule has 100 valence electrons. The third kappa shape index (κ3) is 3.38. The lowest BCUT2D eigenvalue weighted by molar-refractivity contribution is -0.127. The van der Waals surface area contributed by atoms with Crippen molar-refractivity contribution in [3.8, 4) is 0 Å². The molecule has 1 aliphatic carbocycles. The first-order valence-electron chi connectivity index (χ1n) is 6.33. The van der Waals surface area contributed by atoms with Crippen molar-refractivity contribution in [3.63, 3.8) is 0 Å². The maximum atomic E-state index is 11.5. The first kappa shape index (κ1) is 14.3. The molecule has 0 aliphatic heterocycles. The number of aromatic nitrogens is 3. The van der Waals surface area contributed by atoms with Gasteiger partial charge in [0.25, 0.3) is 5.56 Å². The molecule has 1 saturated carbocycles. The molecule has 2 rings (SSSR count). The molecule has 1 aromatic heterocycles. The summed E-state index contributed by atoms with van der Waals surface area (Å²) in [6.07, 6.45) is 4.36. The molecule has 0 aromatic carbocycles. The highest BCUT2D eigenvalue weighted by atomic mass is 16.2. The first-order chi connectivity index (χ1) is 8.68. The maximum absolute atomic E-state index is 11.5. The summed E-state index contributed by atoms with van der Waals surface area (Å²) in [7, 11) is 1.61. The van der Waals surface area contributed by atoms with Crippen LogP contribution >= 0.6 is 0 Å². The van der Waals surface area contributed by atoms with Crippen LogP contribution in [0.4, 0.5) is 0 Å². The van der Waals surface area contributed by atoms with Crippen LogP contribution in [0.25, 0.3) is 0 Å². The number of hydrogen-bond acceptors (Lipinski definition) is 4. The molecular formula is C12H20N4O2. The Kier molecular flexibility index (Phi) is 5.48. The predicted molar refractivity (Wildman–Crippen MR) is 67.8 cm³/mol. The van der Waals surface area contributed by atoms with Gasteiger partial charge in [-0.05, 0) is 12.8 Å². The van der Waals surface area contributed by atoms with Gasteiger partial charge >= 0.3 is 0 Å². The topological polar surface area (TPSA) is 76.9 Å². The zero-order valence-corrected chi connectivity index (χ0v) is 11.1. The predicted octanol–water partition coefficient (Wildman–Crippen LogP) is 0.618. The molecule has 0 atom stereocenters. The minimum Gasteiger partial charge on any atom is -0.350 e. The van der Waals surface area contributed by atoms with E-state index in [2.05, 4.69) is 15.5 Å². The number of carbonyl (C=O) groups excluding carboxylic acids is 1. The molecule has 0 spiro atoms. The van der Waals surface area contributed by atoms with Crippen LogP contribution in [0, 0.1) is 5.92 Å². The zero-order chi connectivity index (χ0) is 13.5. The summed E-state index contributed by atoms with van der Waals surface area (Å²) in [5.41, 5.74) is 0.0570. The summed E-state index contributed by atoms with van der Waals surface area (Å²) in [6.45, 7) is 4.16. The summed E-state index contributed by atoms with van der Waals surface area (Å²) >= 11 is 0. The average Bonchev–Trinajstić information content (AvgIpc) is 2.31. The quantitative estimate of drug-likeness (QED) is 0.855. The number of rotatable bonds is 3. The molecular weight excluding hydrogens is 232 g/mol. The number of nitrogens with zero attached hydrogens (tertiary/aromatic N) is 3. The summed E-state index contributed by atoms with van der Waals surface area (Å²) in [4.78, 5) is 23.1. The number of hydrogen-bond donors (Lipinski definition) is 1. The van der Waals surface area contributed by atoms with Gasteiger partial charge in [0.05, 0.1) is 6.54 Å². The van der Waals surface area contributed by atoms with E-state index in [4.69, 9.17) is 0 Å². The Hall–Kier alpha value is -1.72. The summed E-state index contributed by atoms with van der Waals surface area (Å²) in [5, 5.41) is 10.1. The zero-order valence-electron chi connectivity index (χ0n) is 11.1. The molecule has 1 aliphatic rings. The highest BCUT2D eigenvalue weighted by molar-refractivity contribution is 5.79. The van der Waals surface area contributed by atoms with Gasteiger partial charge in [0.15, 0.2) is 0 Å². The van der Waals surface area contributed by atoms with Crippen molar-refractivity contribution in [2.24, 2.45) is 13.0 Å². The molecule has 6 heteroatoms. The normalized spacial score (nSPS) is 14.2. The highest BCUT2D eigenvalue weighted by Gasteiger charge is 2.25. The van der Waals surface area contributed by atoms with Crippen LogP contribution in [0.3, 0.4) is 0 Å². The molecule has 0 saturated heterocycles.